The van der Waals surface area contributed by atoms with E-state index in [0.717, 1.165) is 24.0 Å². The molecule has 2 amide bonds. The second kappa shape index (κ2) is 15.6. The van der Waals surface area contributed by atoms with E-state index in [9.17, 15) is 29.7 Å². The average Bonchev–Trinajstić information content (AvgIpc) is 3.75. The zero-order valence-electron chi connectivity index (χ0n) is 33.4. The van der Waals surface area contributed by atoms with Crippen LogP contribution in [0.3, 0.4) is 0 Å². The highest BCUT2D eigenvalue weighted by Gasteiger charge is 2.71. The number of nitrogens with one attached hydrogen (secondary N) is 2. The number of carbonyl (C=O) groups is 3. The van der Waals surface area contributed by atoms with Gasteiger partial charge in [0.1, 0.15) is 12.3 Å². The third kappa shape index (κ3) is 6.91. The molecule has 0 aromatic heterocycles. The summed E-state index contributed by atoms with van der Waals surface area (Å²) in [5, 5.41) is 43.4. The minimum absolute atomic E-state index is 0.00600. The molecule has 0 bridgehead atoms. The first-order valence-electron chi connectivity index (χ1n) is 20.0. The molecule has 1 aliphatic heterocycles. The minimum Gasteiger partial charge on any atom is -0.493 e. The maximum absolute atomic E-state index is 14.1. The van der Waals surface area contributed by atoms with Crippen molar-refractivity contribution in [2.45, 2.75) is 95.4 Å². The number of amides is 2. The summed E-state index contributed by atoms with van der Waals surface area (Å²) in [4.78, 5) is 39.9. The summed E-state index contributed by atoms with van der Waals surface area (Å²) in [5.41, 5.74) is 1.62. The first kappa shape index (κ1) is 40.5. The molecule has 7 rings (SSSR count). The number of hydrogen-bond acceptors (Lipinski definition) is 11. The van der Waals surface area contributed by atoms with E-state index in [0.29, 0.717) is 56.3 Å². The highest BCUT2D eigenvalue weighted by molar-refractivity contribution is 6.05. The molecule has 306 valence electrons. The highest BCUT2D eigenvalue weighted by atomic mass is 16.5. The van der Waals surface area contributed by atoms with Crippen LogP contribution >= 0.6 is 0 Å². The Morgan fingerprint density at radius 2 is 1.65 bits per heavy atom. The van der Waals surface area contributed by atoms with E-state index in [4.69, 9.17) is 18.9 Å². The lowest BCUT2D eigenvalue weighted by atomic mass is 9.41. The van der Waals surface area contributed by atoms with Crippen molar-refractivity contribution in [3.05, 3.63) is 70.4 Å². The van der Waals surface area contributed by atoms with Gasteiger partial charge in [0.05, 0.1) is 38.6 Å². The van der Waals surface area contributed by atoms with Crippen molar-refractivity contribution in [3.63, 3.8) is 0 Å². The summed E-state index contributed by atoms with van der Waals surface area (Å²) >= 11 is 0. The van der Waals surface area contributed by atoms with Gasteiger partial charge in [0.15, 0.2) is 11.5 Å². The molecule has 0 radical (unpaired) electrons. The average molecular weight is 786 g/mol. The number of rotatable bonds is 11. The van der Waals surface area contributed by atoms with Crippen LogP contribution < -0.4 is 25.0 Å². The molecule has 2 aromatic rings. The fourth-order valence-corrected chi connectivity index (χ4v) is 11.2. The molecule has 13 heteroatoms. The fraction of sp³-hybridized carbons (Fsp3) is 0.545. The molecular formula is C44H55N3O10. The highest BCUT2D eigenvalue weighted by Crippen LogP contribution is 2.70. The van der Waals surface area contributed by atoms with E-state index in [1.165, 1.54) is 33.5 Å². The first-order valence-corrected chi connectivity index (χ1v) is 20.0. The summed E-state index contributed by atoms with van der Waals surface area (Å²) < 4.78 is 21.6. The summed E-state index contributed by atoms with van der Waals surface area (Å²) in [6.45, 7) is 4.43. The fourth-order valence-electron chi connectivity index (χ4n) is 11.2. The second-order valence-corrected chi connectivity index (χ2v) is 16.7. The largest absolute Gasteiger partial charge is 0.493 e. The molecule has 4 fully saturated rings. The van der Waals surface area contributed by atoms with Gasteiger partial charge in [-0.1, -0.05) is 38.1 Å². The van der Waals surface area contributed by atoms with E-state index in [1.54, 1.807) is 18.4 Å². The molecule has 1 heterocycles. The lowest BCUT2D eigenvalue weighted by Crippen LogP contribution is -2.68. The molecule has 57 heavy (non-hydrogen) atoms. The van der Waals surface area contributed by atoms with Gasteiger partial charge in [0, 0.05) is 35.1 Å². The third-order valence-corrected chi connectivity index (χ3v) is 14.2. The van der Waals surface area contributed by atoms with Crippen LogP contribution in [0.2, 0.25) is 0 Å². The number of fused-ring (bicyclic) bond motifs is 5. The molecular weight excluding hydrogens is 730 g/mol. The summed E-state index contributed by atoms with van der Waals surface area (Å²) in [5.74, 6) is -1.15. The van der Waals surface area contributed by atoms with Crippen molar-refractivity contribution in [2.75, 3.05) is 27.9 Å². The van der Waals surface area contributed by atoms with Crippen molar-refractivity contribution in [1.29, 1.82) is 0 Å². The maximum atomic E-state index is 14.1. The quantitative estimate of drug-likeness (QED) is 0.0913. The Kier molecular flexibility index (Phi) is 11.0. The third-order valence-electron chi connectivity index (χ3n) is 14.2. The van der Waals surface area contributed by atoms with Crippen LogP contribution in [0.1, 0.15) is 93.1 Å². The number of esters is 1. The molecule has 0 unspecified atom stereocenters. The lowest BCUT2D eigenvalue weighted by Gasteiger charge is -2.65. The van der Waals surface area contributed by atoms with Gasteiger partial charge in [-0.15, -0.1) is 0 Å². The van der Waals surface area contributed by atoms with Crippen molar-refractivity contribution >= 4 is 30.1 Å². The topological polar surface area (TPSA) is 185 Å². The van der Waals surface area contributed by atoms with Crippen molar-refractivity contribution < 1.29 is 48.7 Å². The maximum Gasteiger partial charge on any atom is 0.331 e. The predicted molar refractivity (Wildman–Crippen MR) is 212 cm³/mol. The molecule has 4 aliphatic carbocycles. The van der Waals surface area contributed by atoms with Gasteiger partial charge in [-0.05, 0) is 110 Å². The van der Waals surface area contributed by atoms with E-state index in [-0.39, 0.29) is 59.5 Å². The zero-order chi connectivity index (χ0) is 40.8. The van der Waals surface area contributed by atoms with Crippen LogP contribution in [0.15, 0.2) is 58.8 Å². The Balaban J connectivity index is 1.19. The lowest BCUT2D eigenvalue weighted by molar-refractivity contribution is -0.237. The van der Waals surface area contributed by atoms with Crippen LogP contribution in [0.5, 0.6) is 17.2 Å². The minimum atomic E-state index is -1.32. The van der Waals surface area contributed by atoms with E-state index in [1.807, 2.05) is 31.2 Å². The van der Waals surface area contributed by atoms with Crippen molar-refractivity contribution in [1.82, 2.24) is 10.7 Å². The zero-order valence-corrected chi connectivity index (χ0v) is 33.4. The number of ether oxygens (including phenoxy) is 4. The van der Waals surface area contributed by atoms with Crippen LogP contribution in [0, 0.1) is 28.6 Å². The van der Waals surface area contributed by atoms with Gasteiger partial charge in [0.25, 0.3) is 11.8 Å². The number of hydrogen-bond donors (Lipinski definition) is 5. The first-order chi connectivity index (χ1) is 27.2. The SMILES string of the molecule is CCc1ccc(/C=C(/NC(=O)c2cc(OC)c(OC)c(OC)c2)C(=O)N/N=C\[C@]23CC[C@@H](O)C[C@]2(O)CC[C@@H]2[C@@H]3CC[C@]3(C)[C@H](C4=CC(=O)OC4)CC[C@]23O)cc1. The number of nitrogens with zero attached hydrogens (tertiary/aromatic N) is 1. The Morgan fingerprint density at radius 1 is 0.947 bits per heavy atom. The smallest absolute Gasteiger partial charge is 0.331 e. The summed E-state index contributed by atoms with van der Waals surface area (Å²) in [6.07, 6.45) is 9.50. The Morgan fingerprint density at radius 3 is 2.28 bits per heavy atom. The number of benzene rings is 2. The van der Waals surface area contributed by atoms with Crippen molar-refractivity contribution in [2.24, 2.45) is 33.7 Å². The number of aliphatic hydroxyl groups is 3. The second-order valence-electron chi connectivity index (χ2n) is 16.7. The van der Waals surface area contributed by atoms with Gasteiger partial charge in [-0.3, -0.25) is 9.59 Å². The molecule has 2 aromatic carbocycles. The standard InChI is InChI=1S/C44H55N3O10/c1-6-26-7-9-27(10-8-26)19-34(46-39(50)28-20-35(54-3)38(56-5)36(21-28)55-4)40(51)47-45-25-42-16-11-30(48)23-43(42,52)17-13-33-32(42)12-15-41(2)31(14-18-44(33,41)53)29-22-37(49)57-24-29/h7-10,19-22,25,30-33,48,52-53H,6,11-18,23-24H2,1-5H3,(H,46,50)(H,47,51)/b34-19+,45-25-/t30-,31+,32+,33-,41-,42+,43-,44+/m1/s1. The number of aryl methyl sites for hydroxylation is 1. The van der Waals surface area contributed by atoms with Crippen molar-refractivity contribution in [3.8, 4) is 17.2 Å². The molecule has 4 saturated carbocycles. The number of methoxy groups -OCH3 is 3. The van der Waals surface area contributed by atoms with E-state index in [2.05, 4.69) is 22.8 Å². The normalized spacial score (nSPS) is 33.4. The van der Waals surface area contributed by atoms with Gasteiger partial charge in [0.2, 0.25) is 5.75 Å². The molecule has 5 aliphatic rings. The monoisotopic (exact) mass is 785 g/mol. The van der Waals surface area contributed by atoms with E-state index >= 15 is 0 Å². The predicted octanol–water partition coefficient (Wildman–Crippen LogP) is 4.86. The number of hydrazone groups is 1. The van der Waals surface area contributed by atoms with Gasteiger partial charge in [-0.2, -0.15) is 5.10 Å². The number of aliphatic hydroxyl groups excluding tert-OH is 1. The Hall–Kier alpha value is -4.72. The molecule has 0 saturated heterocycles. The summed E-state index contributed by atoms with van der Waals surface area (Å²) in [7, 11) is 4.36. The number of cyclic esters (lactones) is 1. The van der Waals surface area contributed by atoms with Crippen LogP contribution in [0.25, 0.3) is 6.08 Å². The van der Waals surface area contributed by atoms with Gasteiger partial charge in [-0.25, -0.2) is 10.2 Å². The Bertz CT molecular complexity index is 1970. The van der Waals surface area contributed by atoms with Crippen LogP contribution in [-0.4, -0.2) is 84.6 Å². The molecule has 5 N–H and O–H groups in total. The van der Waals surface area contributed by atoms with E-state index < -0.39 is 40.0 Å². The Labute approximate surface area is 333 Å². The summed E-state index contributed by atoms with van der Waals surface area (Å²) in [6, 6.07) is 10.6. The number of carbonyl (C=O) groups excluding carboxylic acids is 3. The van der Waals surface area contributed by atoms with Gasteiger partial charge >= 0.3 is 5.97 Å². The molecule has 8 atom stereocenters. The molecule has 13 nitrogen and oxygen atoms in total. The van der Waals surface area contributed by atoms with Gasteiger partial charge < -0.3 is 39.6 Å². The van der Waals surface area contributed by atoms with Crippen LogP contribution in [0.4, 0.5) is 0 Å². The molecule has 0 spiro atoms. The van der Waals surface area contributed by atoms with Crippen LogP contribution in [-0.2, 0) is 20.7 Å².